The molecule has 0 aliphatic heterocycles. The van der Waals surface area contributed by atoms with Crippen LogP contribution >= 0.6 is 23.2 Å². The van der Waals surface area contributed by atoms with Crippen molar-refractivity contribution in [2.45, 2.75) is 6.42 Å². The first-order chi connectivity index (χ1) is 6.24. The molecule has 0 spiro atoms. The first kappa shape index (κ1) is 10.6. The Hall–Kier alpha value is -0.440. The quantitative estimate of drug-likeness (QED) is 0.764. The summed E-state index contributed by atoms with van der Waals surface area (Å²) in [5.41, 5.74) is 6.26. The molecule has 0 aromatic heterocycles. The number of anilines is 1. The zero-order valence-corrected chi connectivity index (χ0v) is 8.70. The van der Waals surface area contributed by atoms with Gasteiger partial charge in [-0.1, -0.05) is 23.2 Å². The maximum absolute atomic E-state index is 5.93. The number of rotatable bonds is 4. The highest BCUT2D eigenvalue weighted by atomic mass is 35.5. The third-order valence-electron chi connectivity index (χ3n) is 1.63. The van der Waals surface area contributed by atoms with E-state index in [9.17, 15) is 0 Å². The van der Waals surface area contributed by atoms with Crippen molar-refractivity contribution in [1.82, 2.24) is 0 Å². The molecule has 2 nitrogen and oxygen atoms in total. The fourth-order valence-corrected chi connectivity index (χ4v) is 1.43. The van der Waals surface area contributed by atoms with Gasteiger partial charge in [0.2, 0.25) is 0 Å². The van der Waals surface area contributed by atoms with Crippen molar-refractivity contribution in [2.24, 2.45) is 5.73 Å². The van der Waals surface area contributed by atoms with Gasteiger partial charge in [-0.3, -0.25) is 0 Å². The smallest absolute Gasteiger partial charge is 0.0652 e. The average molecular weight is 219 g/mol. The van der Waals surface area contributed by atoms with Crippen LogP contribution in [0.2, 0.25) is 10.0 Å². The number of hydrogen-bond acceptors (Lipinski definition) is 2. The molecule has 0 aliphatic carbocycles. The summed E-state index contributed by atoms with van der Waals surface area (Å²) < 4.78 is 0. The van der Waals surface area contributed by atoms with Gasteiger partial charge in [-0.15, -0.1) is 0 Å². The van der Waals surface area contributed by atoms with Gasteiger partial charge in [-0.25, -0.2) is 0 Å². The summed E-state index contributed by atoms with van der Waals surface area (Å²) in [6.45, 7) is 1.51. The molecule has 1 aromatic rings. The second-order valence-electron chi connectivity index (χ2n) is 2.69. The van der Waals surface area contributed by atoms with E-state index in [0.717, 1.165) is 18.7 Å². The predicted molar refractivity (Wildman–Crippen MR) is 58.6 cm³/mol. The van der Waals surface area contributed by atoms with Crippen molar-refractivity contribution in [3.05, 3.63) is 28.2 Å². The van der Waals surface area contributed by atoms with Gasteiger partial charge >= 0.3 is 0 Å². The Morgan fingerprint density at radius 1 is 1.31 bits per heavy atom. The maximum atomic E-state index is 5.93. The first-order valence-electron chi connectivity index (χ1n) is 4.13. The molecule has 0 amide bonds. The summed E-state index contributed by atoms with van der Waals surface area (Å²) in [4.78, 5) is 0. The monoisotopic (exact) mass is 218 g/mol. The molecule has 1 rings (SSSR count). The molecule has 0 fully saturated rings. The number of nitrogens with two attached hydrogens (primary N) is 1. The summed E-state index contributed by atoms with van der Waals surface area (Å²) in [5, 5.41) is 4.46. The molecular weight excluding hydrogens is 207 g/mol. The molecule has 0 aliphatic rings. The van der Waals surface area contributed by atoms with Crippen LogP contribution < -0.4 is 11.1 Å². The highest BCUT2D eigenvalue weighted by molar-refractivity contribution is 6.36. The molecule has 0 heterocycles. The van der Waals surface area contributed by atoms with Crippen LogP contribution in [-0.2, 0) is 0 Å². The van der Waals surface area contributed by atoms with Crippen molar-refractivity contribution in [3.8, 4) is 0 Å². The van der Waals surface area contributed by atoms with E-state index in [1.54, 1.807) is 12.1 Å². The molecule has 72 valence electrons. The van der Waals surface area contributed by atoms with E-state index < -0.39 is 0 Å². The fourth-order valence-electron chi connectivity index (χ4n) is 0.958. The van der Waals surface area contributed by atoms with Crippen LogP contribution in [0.4, 0.5) is 5.69 Å². The van der Waals surface area contributed by atoms with Gasteiger partial charge in [-0.05, 0) is 31.2 Å². The van der Waals surface area contributed by atoms with E-state index in [4.69, 9.17) is 28.9 Å². The molecule has 1 aromatic carbocycles. The first-order valence-corrected chi connectivity index (χ1v) is 4.88. The van der Waals surface area contributed by atoms with E-state index in [-0.39, 0.29) is 0 Å². The topological polar surface area (TPSA) is 38.0 Å². The van der Waals surface area contributed by atoms with Crippen LogP contribution in [0.15, 0.2) is 18.2 Å². The Kier molecular flexibility index (Phi) is 4.36. The Morgan fingerprint density at radius 3 is 2.69 bits per heavy atom. The maximum Gasteiger partial charge on any atom is 0.0652 e. The highest BCUT2D eigenvalue weighted by Gasteiger charge is 1.98. The van der Waals surface area contributed by atoms with Gasteiger partial charge in [0.1, 0.15) is 0 Å². The van der Waals surface area contributed by atoms with Gasteiger partial charge in [0.05, 0.1) is 10.7 Å². The Labute approximate surface area is 88.0 Å². The lowest BCUT2D eigenvalue weighted by molar-refractivity contribution is 0.874. The lowest BCUT2D eigenvalue weighted by atomic mass is 10.3. The minimum Gasteiger partial charge on any atom is -0.384 e. The minimum absolute atomic E-state index is 0.643. The van der Waals surface area contributed by atoms with Crippen molar-refractivity contribution < 1.29 is 0 Å². The fraction of sp³-hybridized carbons (Fsp3) is 0.333. The van der Waals surface area contributed by atoms with E-state index in [1.807, 2.05) is 6.07 Å². The molecular formula is C9H12Cl2N2. The Balaban J connectivity index is 2.56. The van der Waals surface area contributed by atoms with E-state index in [0.29, 0.717) is 16.6 Å². The predicted octanol–water partition coefficient (Wildman–Crippen LogP) is 2.75. The summed E-state index contributed by atoms with van der Waals surface area (Å²) in [7, 11) is 0. The van der Waals surface area contributed by atoms with Gasteiger partial charge in [-0.2, -0.15) is 0 Å². The SMILES string of the molecule is NCCCNc1ccc(Cl)cc1Cl. The lowest BCUT2D eigenvalue weighted by Crippen LogP contribution is -2.08. The summed E-state index contributed by atoms with van der Waals surface area (Å²) in [6, 6.07) is 5.38. The van der Waals surface area contributed by atoms with Crippen molar-refractivity contribution in [3.63, 3.8) is 0 Å². The molecule has 0 atom stereocenters. The average Bonchev–Trinajstić information content (AvgIpc) is 2.09. The zero-order chi connectivity index (χ0) is 9.68. The number of benzene rings is 1. The van der Waals surface area contributed by atoms with E-state index in [1.165, 1.54) is 0 Å². The van der Waals surface area contributed by atoms with Crippen LogP contribution in [-0.4, -0.2) is 13.1 Å². The minimum atomic E-state index is 0.643. The second kappa shape index (κ2) is 5.32. The number of hydrogen-bond donors (Lipinski definition) is 2. The van der Waals surface area contributed by atoms with Crippen LogP contribution in [0, 0.1) is 0 Å². The van der Waals surface area contributed by atoms with E-state index >= 15 is 0 Å². The largest absolute Gasteiger partial charge is 0.384 e. The second-order valence-corrected chi connectivity index (χ2v) is 3.54. The van der Waals surface area contributed by atoms with Crippen LogP contribution in [0.1, 0.15) is 6.42 Å². The Bertz CT molecular complexity index is 276. The Morgan fingerprint density at radius 2 is 2.08 bits per heavy atom. The van der Waals surface area contributed by atoms with Crippen LogP contribution in [0.25, 0.3) is 0 Å². The third kappa shape index (κ3) is 3.43. The summed E-state index contributed by atoms with van der Waals surface area (Å²) in [5.74, 6) is 0. The number of nitrogens with one attached hydrogen (secondary N) is 1. The van der Waals surface area contributed by atoms with Crippen LogP contribution in [0.3, 0.4) is 0 Å². The highest BCUT2D eigenvalue weighted by Crippen LogP contribution is 2.24. The molecule has 0 radical (unpaired) electrons. The normalized spacial score (nSPS) is 10.1. The summed E-state index contributed by atoms with van der Waals surface area (Å²) in [6.07, 6.45) is 0.930. The molecule has 0 unspecified atom stereocenters. The molecule has 0 saturated carbocycles. The van der Waals surface area contributed by atoms with Crippen LogP contribution in [0.5, 0.6) is 0 Å². The van der Waals surface area contributed by atoms with Crippen molar-refractivity contribution in [1.29, 1.82) is 0 Å². The molecule has 0 saturated heterocycles. The van der Waals surface area contributed by atoms with Crippen molar-refractivity contribution in [2.75, 3.05) is 18.4 Å². The summed E-state index contributed by atoms with van der Waals surface area (Å²) >= 11 is 11.7. The van der Waals surface area contributed by atoms with Gasteiger partial charge in [0, 0.05) is 11.6 Å². The molecule has 0 bridgehead atoms. The van der Waals surface area contributed by atoms with Gasteiger partial charge in [0.25, 0.3) is 0 Å². The zero-order valence-electron chi connectivity index (χ0n) is 7.19. The van der Waals surface area contributed by atoms with Gasteiger partial charge in [0.15, 0.2) is 0 Å². The standard InChI is InChI=1S/C9H12Cl2N2/c10-7-2-3-9(8(11)6-7)13-5-1-4-12/h2-3,6,13H,1,4-5,12H2. The lowest BCUT2D eigenvalue weighted by Gasteiger charge is -2.07. The van der Waals surface area contributed by atoms with E-state index in [2.05, 4.69) is 5.32 Å². The third-order valence-corrected chi connectivity index (χ3v) is 2.18. The molecule has 3 N–H and O–H groups in total. The molecule has 4 heteroatoms. The van der Waals surface area contributed by atoms with Crippen molar-refractivity contribution >= 4 is 28.9 Å². The number of halogens is 2. The van der Waals surface area contributed by atoms with Gasteiger partial charge < -0.3 is 11.1 Å². The molecule has 13 heavy (non-hydrogen) atoms.